The molecular formula is C23H26FN3O3S. The molecule has 1 aliphatic heterocycles. The predicted octanol–water partition coefficient (Wildman–Crippen LogP) is 3.52. The molecule has 1 amide bonds. The van der Waals surface area contributed by atoms with Crippen molar-refractivity contribution in [2.24, 2.45) is 5.92 Å². The molecule has 2 bridgehead atoms. The molecular weight excluding hydrogens is 417 g/mol. The van der Waals surface area contributed by atoms with Crippen LogP contribution in [0.25, 0.3) is 5.57 Å². The summed E-state index contributed by atoms with van der Waals surface area (Å²) >= 11 is 1.28. The molecule has 0 spiro atoms. The Balaban J connectivity index is 1.38. The van der Waals surface area contributed by atoms with Gasteiger partial charge in [0.2, 0.25) is 5.91 Å². The summed E-state index contributed by atoms with van der Waals surface area (Å²) < 4.78 is 19.9. The van der Waals surface area contributed by atoms with Crippen molar-refractivity contribution in [2.45, 2.75) is 63.3 Å². The van der Waals surface area contributed by atoms with Crippen molar-refractivity contribution in [1.82, 2.24) is 10.6 Å². The molecule has 5 atom stereocenters. The van der Waals surface area contributed by atoms with Gasteiger partial charge in [-0.25, -0.2) is 9.18 Å². The number of piperidine rings is 1. The van der Waals surface area contributed by atoms with Crippen molar-refractivity contribution in [3.8, 4) is 6.07 Å². The van der Waals surface area contributed by atoms with E-state index in [1.165, 1.54) is 11.3 Å². The van der Waals surface area contributed by atoms with E-state index in [1.807, 2.05) is 6.08 Å². The van der Waals surface area contributed by atoms with E-state index in [1.54, 1.807) is 25.1 Å². The number of amides is 1. The van der Waals surface area contributed by atoms with Gasteiger partial charge in [0.1, 0.15) is 17.1 Å². The lowest BCUT2D eigenvalue weighted by Crippen LogP contribution is -2.50. The summed E-state index contributed by atoms with van der Waals surface area (Å²) in [6.07, 6.45) is 5.79. The number of thiophene rings is 1. The molecule has 1 aromatic rings. The molecule has 1 saturated heterocycles. The number of hydrogen-bond acceptors (Lipinski definition) is 6. The van der Waals surface area contributed by atoms with Crippen molar-refractivity contribution in [1.29, 1.82) is 5.26 Å². The number of carbonyl (C=O) groups excluding carboxylic acids is 2. The quantitative estimate of drug-likeness (QED) is 0.630. The van der Waals surface area contributed by atoms with Gasteiger partial charge in [-0.05, 0) is 55.4 Å². The van der Waals surface area contributed by atoms with Crippen LogP contribution in [0.4, 0.5) is 4.39 Å². The van der Waals surface area contributed by atoms with Crippen LogP contribution in [0.2, 0.25) is 0 Å². The topological polar surface area (TPSA) is 91.2 Å². The number of ether oxygens (including phenoxy) is 1. The van der Waals surface area contributed by atoms with Crippen LogP contribution in [-0.2, 0) is 9.53 Å². The summed E-state index contributed by atoms with van der Waals surface area (Å²) in [6, 6.07) is 5.00. The van der Waals surface area contributed by atoms with Gasteiger partial charge in [-0.2, -0.15) is 5.26 Å². The van der Waals surface area contributed by atoms with Crippen molar-refractivity contribution < 1.29 is 18.7 Å². The number of fused-ring (bicyclic) bond motifs is 2. The van der Waals surface area contributed by atoms with E-state index in [0.717, 1.165) is 29.7 Å². The smallest absolute Gasteiger partial charge is 0.348 e. The Morgan fingerprint density at radius 1 is 1.39 bits per heavy atom. The summed E-state index contributed by atoms with van der Waals surface area (Å²) in [6.45, 7) is 2.06. The number of halogens is 1. The number of nitrogens with one attached hydrogen (secondary N) is 2. The van der Waals surface area contributed by atoms with Gasteiger partial charge in [-0.15, -0.1) is 11.3 Å². The van der Waals surface area contributed by atoms with Crippen LogP contribution in [0, 0.1) is 17.2 Å². The molecule has 1 aromatic heterocycles. The minimum Gasteiger partial charge on any atom is -0.462 e. The number of hydrogen-bond donors (Lipinski definition) is 2. The fourth-order valence-electron chi connectivity index (χ4n) is 4.68. The van der Waals surface area contributed by atoms with Crippen molar-refractivity contribution in [2.75, 3.05) is 6.61 Å². The largest absolute Gasteiger partial charge is 0.462 e. The van der Waals surface area contributed by atoms with Crippen molar-refractivity contribution in [3.05, 3.63) is 39.6 Å². The van der Waals surface area contributed by atoms with E-state index >= 15 is 0 Å². The highest BCUT2D eigenvalue weighted by atomic mass is 32.1. The standard InChI is InChI=1S/C23H26FN3O3S/c1-2-30-23(29)20-8-7-19(31-20)14-4-3-13(18(24)11-14)9-17(12-25)27-22(28)21-15-5-6-16(10-15)26-21/h3-4,7-8,15-18,21,26H,2,5-6,9-11H2,1H3,(H,27,28)/t15-,16+,17-,18?,21-/m0/s1. The maximum absolute atomic E-state index is 14.9. The van der Waals surface area contributed by atoms with E-state index in [2.05, 4.69) is 16.7 Å². The molecule has 0 aromatic carbocycles. The van der Waals surface area contributed by atoms with Crippen LogP contribution in [0.1, 0.15) is 53.6 Å². The minimum atomic E-state index is -1.23. The van der Waals surface area contributed by atoms with Crippen LogP contribution in [0.5, 0.6) is 0 Å². The number of nitriles is 1. The molecule has 2 N–H and O–H groups in total. The molecule has 8 heteroatoms. The molecule has 1 unspecified atom stereocenters. The third kappa shape index (κ3) is 4.73. The maximum Gasteiger partial charge on any atom is 0.348 e. The number of esters is 1. The second-order valence-electron chi connectivity index (χ2n) is 8.30. The van der Waals surface area contributed by atoms with Crippen LogP contribution in [-0.4, -0.2) is 42.8 Å². The highest BCUT2D eigenvalue weighted by Gasteiger charge is 2.43. The summed E-state index contributed by atoms with van der Waals surface area (Å²) in [5.74, 6) is -0.199. The molecule has 0 radical (unpaired) electrons. The Hall–Kier alpha value is -2.50. The van der Waals surface area contributed by atoms with Crippen molar-refractivity contribution in [3.63, 3.8) is 0 Å². The number of allylic oxidation sites excluding steroid dienone is 3. The Bertz CT molecular complexity index is 964. The molecule has 2 heterocycles. The van der Waals surface area contributed by atoms with Gasteiger partial charge in [-0.3, -0.25) is 4.79 Å². The molecule has 1 saturated carbocycles. The molecule has 6 nitrogen and oxygen atoms in total. The highest BCUT2D eigenvalue weighted by molar-refractivity contribution is 7.15. The van der Waals surface area contributed by atoms with Gasteiger partial charge in [0.05, 0.1) is 18.7 Å². The molecule has 31 heavy (non-hydrogen) atoms. The van der Waals surface area contributed by atoms with Crippen LogP contribution in [0.3, 0.4) is 0 Å². The molecule has 4 rings (SSSR count). The lowest BCUT2D eigenvalue weighted by Gasteiger charge is -2.25. The van der Waals surface area contributed by atoms with Gasteiger partial charge in [-0.1, -0.05) is 12.2 Å². The van der Waals surface area contributed by atoms with E-state index in [4.69, 9.17) is 4.74 Å². The Morgan fingerprint density at radius 2 is 2.23 bits per heavy atom. The molecule has 164 valence electrons. The SMILES string of the molecule is CCOC(=O)c1ccc(C2=CC=C(C[C@@H](C#N)NC(=O)[C@H]3N[C@@H]4CC[C@H]3C4)C(F)C2)s1. The first-order valence-corrected chi connectivity index (χ1v) is 11.6. The van der Waals surface area contributed by atoms with Gasteiger partial charge in [0.15, 0.2) is 0 Å². The van der Waals surface area contributed by atoms with Crippen molar-refractivity contribution >= 4 is 28.8 Å². The number of nitrogens with zero attached hydrogens (tertiary/aromatic N) is 1. The fourth-order valence-corrected chi connectivity index (χ4v) is 5.62. The number of alkyl halides is 1. The lowest BCUT2D eigenvalue weighted by molar-refractivity contribution is -0.124. The maximum atomic E-state index is 14.9. The zero-order valence-electron chi connectivity index (χ0n) is 17.4. The van der Waals surface area contributed by atoms with E-state index in [-0.39, 0.29) is 30.8 Å². The average Bonchev–Trinajstić information content (AvgIpc) is 3.51. The second-order valence-corrected chi connectivity index (χ2v) is 9.38. The minimum absolute atomic E-state index is 0.159. The zero-order valence-corrected chi connectivity index (χ0v) is 18.2. The number of carbonyl (C=O) groups is 2. The fraction of sp³-hybridized carbons (Fsp3) is 0.522. The Labute approximate surface area is 185 Å². The lowest BCUT2D eigenvalue weighted by atomic mass is 9.91. The van der Waals surface area contributed by atoms with E-state index in [9.17, 15) is 19.2 Å². The molecule has 2 fully saturated rings. The first-order valence-electron chi connectivity index (χ1n) is 10.8. The van der Waals surface area contributed by atoms with Gasteiger partial charge in [0.25, 0.3) is 0 Å². The average molecular weight is 444 g/mol. The second kappa shape index (κ2) is 9.33. The summed E-state index contributed by atoms with van der Waals surface area (Å²) in [5.41, 5.74) is 1.30. The molecule has 2 aliphatic carbocycles. The number of rotatable bonds is 7. The van der Waals surface area contributed by atoms with E-state index < -0.39 is 12.2 Å². The Kier molecular flexibility index (Phi) is 6.54. The van der Waals surface area contributed by atoms with Crippen LogP contribution in [0.15, 0.2) is 29.9 Å². The normalized spacial score (nSPS) is 27.8. The zero-order chi connectivity index (χ0) is 22.0. The first-order chi connectivity index (χ1) is 15.0. The van der Waals surface area contributed by atoms with Crippen LogP contribution >= 0.6 is 11.3 Å². The Morgan fingerprint density at radius 3 is 2.87 bits per heavy atom. The molecule has 3 aliphatic rings. The van der Waals surface area contributed by atoms with Gasteiger partial charge >= 0.3 is 5.97 Å². The third-order valence-electron chi connectivity index (χ3n) is 6.25. The monoisotopic (exact) mass is 443 g/mol. The summed E-state index contributed by atoms with van der Waals surface area (Å²) in [4.78, 5) is 25.7. The van der Waals surface area contributed by atoms with Crippen LogP contribution < -0.4 is 10.6 Å². The van der Waals surface area contributed by atoms with E-state index in [0.29, 0.717) is 29.0 Å². The van der Waals surface area contributed by atoms with Gasteiger partial charge in [0, 0.05) is 23.8 Å². The predicted molar refractivity (Wildman–Crippen MR) is 116 cm³/mol. The van der Waals surface area contributed by atoms with Gasteiger partial charge < -0.3 is 15.4 Å². The first kappa shape index (κ1) is 21.7. The summed E-state index contributed by atoms with van der Waals surface area (Å²) in [7, 11) is 0. The summed E-state index contributed by atoms with van der Waals surface area (Å²) in [5, 5.41) is 15.6. The highest BCUT2D eigenvalue weighted by Crippen LogP contribution is 2.36. The third-order valence-corrected chi connectivity index (χ3v) is 7.39.